The van der Waals surface area contributed by atoms with E-state index in [0.29, 0.717) is 22.1 Å². The van der Waals surface area contributed by atoms with Crippen molar-refractivity contribution in [3.63, 3.8) is 0 Å². The van der Waals surface area contributed by atoms with Gasteiger partial charge in [-0.25, -0.2) is 9.92 Å². The molecule has 0 aromatic rings. The van der Waals surface area contributed by atoms with Crippen molar-refractivity contribution < 1.29 is 9.18 Å². The van der Waals surface area contributed by atoms with E-state index < -0.39 is 6.17 Å². The van der Waals surface area contributed by atoms with Crippen LogP contribution in [0.3, 0.4) is 0 Å². The molecular formula is C11H17FIN5O. The van der Waals surface area contributed by atoms with Gasteiger partial charge in [-0.1, -0.05) is 0 Å². The number of hydrogen-bond acceptors (Lipinski definition) is 6. The molecule has 0 aliphatic rings. The minimum atomic E-state index is -1.11. The molecule has 106 valence electrons. The molecule has 0 radical (unpaired) electrons. The van der Waals surface area contributed by atoms with E-state index >= 15 is 0 Å². The summed E-state index contributed by atoms with van der Waals surface area (Å²) in [6.45, 7) is 0.0321. The van der Waals surface area contributed by atoms with Crippen LogP contribution in [0.5, 0.6) is 0 Å². The highest BCUT2D eigenvalue weighted by molar-refractivity contribution is 14.1. The Kier molecular flexibility index (Phi) is 9.67. The van der Waals surface area contributed by atoms with E-state index in [2.05, 4.69) is 10.4 Å². The molecule has 8 heteroatoms. The largest absolute Gasteiger partial charge is 0.402 e. The first-order valence-corrected chi connectivity index (χ1v) is 6.55. The Labute approximate surface area is 124 Å². The molecule has 0 aromatic carbocycles. The molecular weight excluding hydrogens is 364 g/mol. The fourth-order valence-electron chi connectivity index (χ4n) is 1.08. The molecule has 0 spiro atoms. The van der Waals surface area contributed by atoms with Crippen LogP contribution in [-0.4, -0.2) is 19.0 Å². The van der Waals surface area contributed by atoms with Gasteiger partial charge in [0.1, 0.15) is 11.9 Å². The first-order valence-electron chi connectivity index (χ1n) is 5.47. The van der Waals surface area contributed by atoms with Gasteiger partial charge < -0.3 is 16.8 Å². The van der Waals surface area contributed by atoms with Gasteiger partial charge in [0, 0.05) is 18.4 Å². The summed E-state index contributed by atoms with van der Waals surface area (Å²) >= 11 is 1.94. The van der Waals surface area contributed by atoms with Crippen molar-refractivity contribution in [1.29, 1.82) is 5.53 Å². The Morgan fingerprint density at radius 3 is 2.68 bits per heavy atom. The van der Waals surface area contributed by atoms with Gasteiger partial charge >= 0.3 is 0 Å². The van der Waals surface area contributed by atoms with E-state index in [1.165, 1.54) is 6.20 Å². The number of nitrogens with two attached hydrogens (primary N) is 2. The minimum Gasteiger partial charge on any atom is -0.402 e. The lowest BCUT2D eigenvalue weighted by molar-refractivity contribution is -0.105. The SMILES string of the molecule is N=N/C(C=O)=C\NCC(F)CC/C(N)=C/C=C(\N)I. The van der Waals surface area contributed by atoms with E-state index in [9.17, 15) is 9.18 Å². The van der Waals surface area contributed by atoms with Crippen molar-refractivity contribution >= 4 is 28.9 Å². The molecule has 0 amide bonds. The summed E-state index contributed by atoms with van der Waals surface area (Å²) in [4.78, 5) is 10.3. The number of halogens is 2. The number of hydrogen-bond donors (Lipinski definition) is 4. The van der Waals surface area contributed by atoms with Crippen molar-refractivity contribution in [2.75, 3.05) is 6.54 Å². The third-order valence-electron chi connectivity index (χ3n) is 2.04. The van der Waals surface area contributed by atoms with Gasteiger partial charge in [-0.3, -0.25) is 4.79 Å². The predicted molar refractivity (Wildman–Crippen MR) is 80.0 cm³/mol. The highest BCUT2D eigenvalue weighted by atomic mass is 127. The van der Waals surface area contributed by atoms with Crippen molar-refractivity contribution in [2.45, 2.75) is 19.0 Å². The summed E-state index contributed by atoms with van der Waals surface area (Å²) in [5.41, 5.74) is 18.2. The van der Waals surface area contributed by atoms with Crippen molar-refractivity contribution in [2.24, 2.45) is 16.6 Å². The molecule has 19 heavy (non-hydrogen) atoms. The number of rotatable bonds is 9. The van der Waals surface area contributed by atoms with Crippen LogP contribution in [0.1, 0.15) is 12.8 Å². The van der Waals surface area contributed by atoms with Gasteiger partial charge in [0.15, 0.2) is 6.29 Å². The van der Waals surface area contributed by atoms with Gasteiger partial charge in [-0.05, 0) is 47.6 Å². The molecule has 0 aliphatic carbocycles. The van der Waals surface area contributed by atoms with Crippen LogP contribution in [-0.2, 0) is 4.79 Å². The lowest BCUT2D eigenvalue weighted by atomic mass is 10.1. The summed E-state index contributed by atoms with van der Waals surface area (Å²) < 4.78 is 14.0. The summed E-state index contributed by atoms with van der Waals surface area (Å²) in [6.07, 6.45) is 4.47. The highest BCUT2D eigenvalue weighted by Gasteiger charge is 2.05. The van der Waals surface area contributed by atoms with Crippen LogP contribution in [0.4, 0.5) is 4.39 Å². The van der Waals surface area contributed by atoms with E-state index in [-0.39, 0.29) is 18.7 Å². The molecule has 0 saturated heterocycles. The average molecular weight is 381 g/mol. The third-order valence-corrected chi connectivity index (χ3v) is 2.40. The summed E-state index contributed by atoms with van der Waals surface area (Å²) in [5, 5.41) is 5.51. The number of carbonyl (C=O) groups is 1. The maximum atomic E-state index is 13.4. The Morgan fingerprint density at radius 2 is 2.16 bits per heavy atom. The van der Waals surface area contributed by atoms with Gasteiger partial charge in [0.05, 0.1) is 3.70 Å². The van der Waals surface area contributed by atoms with Crippen LogP contribution in [0.25, 0.3) is 0 Å². The number of allylic oxidation sites excluding steroid dienone is 4. The Hall–Kier alpha value is -1.45. The van der Waals surface area contributed by atoms with Crippen LogP contribution in [0, 0.1) is 5.53 Å². The third kappa shape index (κ3) is 10.2. The van der Waals surface area contributed by atoms with Crippen LogP contribution in [0.15, 0.2) is 38.6 Å². The maximum absolute atomic E-state index is 13.4. The number of nitrogens with zero attached hydrogens (tertiary/aromatic N) is 1. The van der Waals surface area contributed by atoms with Crippen molar-refractivity contribution in [3.05, 3.63) is 33.4 Å². The van der Waals surface area contributed by atoms with E-state index in [4.69, 9.17) is 17.0 Å². The minimum absolute atomic E-state index is 0.0321. The zero-order valence-corrected chi connectivity index (χ0v) is 12.4. The van der Waals surface area contributed by atoms with Gasteiger partial charge in [0.2, 0.25) is 0 Å². The molecule has 0 bridgehead atoms. The van der Waals surface area contributed by atoms with E-state index in [1.54, 1.807) is 12.2 Å². The molecule has 1 unspecified atom stereocenters. The second-order valence-electron chi connectivity index (χ2n) is 3.64. The molecule has 0 heterocycles. The lowest BCUT2D eigenvalue weighted by Gasteiger charge is -2.08. The zero-order valence-electron chi connectivity index (χ0n) is 10.3. The van der Waals surface area contributed by atoms with E-state index in [0.717, 1.165) is 0 Å². The monoisotopic (exact) mass is 381 g/mol. The molecule has 0 saturated carbocycles. The predicted octanol–water partition coefficient (Wildman–Crippen LogP) is 1.84. The number of nitrogens with one attached hydrogen (secondary N) is 2. The zero-order chi connectivity index (χ0) is 14.7. The second kappa shape index (κ2) is 10.5. The summed E-state index contributed by atoms with van der Waals surface area (Å²) in [6, 6.07) is 0. The molecule has 6 nitrogen and oxygen atoms in total. The number of aldehydes is 1. The van der Waals surface area contributed by atoms with Gasteiger partial charge in [-0.2, -0.15) is 5.11 Å². The Bertz CT molecular complexity index is 381. The Morgan fingerprint density at radius 1 is 1.47 bits per heavy atom. The molecule has 0 aromatic heterocycles. The van der Waals surface area contributed by atoms with Crippen molar-refractivity contribution in [1.82, 2.24) is 5.32 Å². The second-order valence-corrected chi connectivity index (χ2v) is 4.88. The first kappa shape index (κ1) is 17.6. The lowest BCUT2D eigenvalue weighted by Crippen LogP contribution is -2.20. The van der Waals surface area contributed by atoms with Crippen LogP contribution >= 0.6 is 22.6 Å². The maximum Gasteiger partial charge on any atom is 0.171 e. The molecule has 0 fully saturated rings. The quantitative estimate of drug-likeness (QED) is 0.122. The van der Waals surface area contributed by atoms with Crippen LogP contribution in [0.2, 0.25) is 0 Å². The molecule has 0 rings (SSSR count). The first-order chi connectivity index (χ1) is 8.99. The van der Waals surface area contributed by atoms with Crippen molar-refractivity contribution in [3.8, 4) is 0 Å². The fourth-order valence-corrected chi connectivity index (χ4v) is 1.26. The average Bonchev–Trinajstić information content (AvgIpc) is 2.39. The number of carbonyl (C=O) groups excluding carboxylic acids is 1. The molecule has 6 N–H and O–H groups in total. The van der Waals surface area contributed by atoms with Crippen LogP contribution < -0.4 is 16.8 Å². The highest BCUT2D eigenvalue weighted by Crippen LogP contribution is 2.07. The smallest absolute Gasteiger partial charge is 0.171 e. The number of alkyl halides is 1. The standard InChI is InChI=1S/C11H17FIN5O/c12-8(5-17-6-10(7-19)18-16)1-2-9(14)3-4-11(13)15/h3-4,6-8,16-17H,1-2,5,14-15H2/b9-3-,10-6-,11-4-,18-16?. The van der Waals surface area contributed by atoms with Gasteiger partial charge in [0.25, 0.3) is 0 Å². The Balaban J connectivity index is 4.00. The molecule has 1 atom stereocenters. The van der Waals surface area contributed by atoms with E-state index in [1.807, 2.05) is 22.6 Å². The normalized spacial score (nSPS) is 14.9. The summed E-state index contributed by atoms with van der Waals surface area (Å²) in [5.74, 6) is 0. The molecule has 0 aliphatic heterocycles. The van der Waals surface area contributed by atoms with Gasteiger partial charge in [-0.15, -0.1) is 0 Å². The fraction of sp³-hybridized carbons (Fsp3) is 0.364. The topological polar surface area (TPSA) is 117 Å². The summed E-state index contributed by atoms with van der Waals surface area (Å²) in [7, 11) is 0.